The first-order valence-electron chi connectivity index (χ1n) is 8.89. The first-order valence-corrected chi connectivity index (χ1v) is 8.89. The van der Waals surface area contributed by atoms with Crippen LogP contribution in [0.25, 0.3) is 0 Å². The Kier molecular flexibility index (Phi) is 7.18. The Morgan fingerprint density at radius 2 is 1.96 bits per heavy atom. The molecule has 0 spiro atoms. The van der Waals surface area contributed by atoms with Gasteiger partial charge < -0.3 is 24.8 Å². The van der Waals surface area contributed by atoms with Crippen molar-refractivity contribution in [1.29, 1.82) is 0 Å². The van der Waals surface area contributed by atoms with Gasteiger partial charge in [-0.15, -0.1) is 0 Å². The summed E-state index contributed by atoms with van der Waals surface area (Å²) < 4.78 is 10.5. The molecule has 1 aliphatic rings. The number of hydrogen-bond acceptors (Lipinski definition) is 5. The van der Waals surface area contributed by atoms with Gasteiger partial charge in [0.25, 0.3) is 5.91 Å². The number of nitrogens with zero attached hydrogens (tertiary/aromatic N) is 1. The summed E-state index contributed by atoms with van der Waals surface area (Å²) >= 11 is 0. The molecule has 27 heavy (non-hydrogen) atoms. The van der Waals surface area contributed by atoms with Crippen molar-refractivity contribution in [2.45, 2.75) is 32.4 Å². The van der Waals surface area contributed by atoms with Crippen molar-refractivity contribution < 1.29 is 29.0 Å². The highest BCUT2D eigenvalue weighted by Gasteiger charge is 2.32. The molecule has 1 aromatic carbocycles. The number of amides is 2. The summed E-state index contributed by atoms with van der Waals surface area (Å²) in [6.45, 7) is 4.56. The average molecular weight is 378 g/mol. The van der Waals surface area contributed by atoms with Gasteiger partial charge in [0.05, 0.1) is 26.2 Å². The molecule has 2 rings (SSSR count). The summed E-state index contributed by atoms with van der Waals surface area (Å²) in [6.07, 6.45) is -0.695. The second kappa shape index (κ2) is 9.36. The molecular formula is C19H26N2O6. The number of morpholine rings is 1. The van der Waals surface area contributed by atoms with Crippen molar-refractivity contribution in [3.8, 4) is 5.75 Å². The van der Waals surface area contributed by atoms with Crippen LogP contribution in [0.4, 0.5) is 0 Å². The molecule has 8 nitrogen and oxygen atoms in total. The number of methoxy groups -OCH3 is 1. The molecule has 1 heterocycles. The van der Waals surface area contributed by atoms with Crippen LogP contribution in [-0.2, 0) is 14.3 Å². The Morgan fingerprint density at radius 1 is 1.30 bits per heavy atom. The molecule has 148 valence electrons. The molecule has 8 heteroatoms. The summed E-state index contributed by atoms with van der Waals surface area (Å²) in [7, 11) is 1.54. The van der Waals surface area contributed by atoms with Gasteiger partial charge in [-0.05, 0) is 30.2 Å². The summed E-state index contributed by atoms with van der Waals surface area (Å²) in [5.74, 6) is -1.03. The number of carboxylic acid groups (broad SMARTS) is 1. The minimum absolute atomic E-state index is 0.125. The van der Waals surface area contributed by atoms with Gasteiger partial charge in [-0.1, -0.05) is 13.8 Å². The van der Waals surface area contributed by atoms with Crippen LogP contribution in [0, 0.1) is 5.92 Å². The van der Waals surface area contributed by atoms with E-state index in [1.54, 1.807) is 36.3 Å². The Labute approximate surface area is 158 Å². The van der Waals surface area contributed by atoms with Crippen LogP contribution in [0.3, 0.4) is 0 Å². The number of aliphatic carboxylic acids is 1. The number of nitrogens with one attached hydrogen (secondary N) is 1. The van der Waals surface area contributed by atoms with Crippen molar-refractivity contribution in [3.05, 3.63) is 29.8 Å². The minimum atomic E-state index is -0.970. The third-order valence-electron chi connectivity index (χ3n) is 4.42. The molecule has 1 aliphatic heterocycles. The fourth-order valence-electron chi connectivity index (χ4n) is 2.91. The molecule has 0 aliphatic carbocycles. The Hall–Kier alpha value is -2.61. The van der Waals surface area contributed by atoms with E-state index in [-0.39, 0.29) is 37.3 Å². The second-order valence-corrected chi connectivity index (χ2v) is 6.80. The highest BCUT2D eigenvalue weighted by Crippen LogP contribution is 2.15. The number of rotatable bonds is 7. The summed E-state index contributed by atoms with van der Waals surface area (Å²) in [4.78, 5) is 37.9. The fraction of sp³-hybridized carbons (Fsp3) is 0.526. The van der Waals surface area contributed by atoms with Crippen molar-refractivity contribution in [2.75, 3.05) is 26.8 Å². The number of hydrogen-bond donors (Lipinski definition) is 2. The van der Waals surface area contributed by atoms with Crippen molar-refractivity contribution >= 4 is 17.8 Å². The molecule has 2 atom stereocenters. The van der Waals surface area contributed by atoms with E-state index in [0.29, 0.717) is 17.9 Å². The van der Waals surface area contributed by atoms with Gasteiger partial charge >= 0.3 is 5.97 Å². The minimum Gasteiger partial charge on any atom is -0.497 e. The van der Waals surface area contributed by atoms with E-state index in [0.717, 1.165) is 0 Å². The predicted octanol–water partition coefficient (Wildman–Crippen LogP) is 1.15. The van der Waals surface area contributed by atoms with Crippen molar-refractivity contribution in [1.82, 2.24) is 10.2 Å². The predicted molar refractivity (Wildman–Crippen MR) is 97.7 cm³/mol. The maximum atomic E-state index is 12.9. The lowest BCUT2D eigenvalue weighted by Crippen LogP contribution is -2.55. The van der Waals surface area contributed by atoms with Gasteiger partial charge in [-0.25, -0.2) is 0 Å². The van der Waals surface area contributed by atoms with Gasteiger partial charge in [-0.2, -0.15) is 0 Å². The van der Waals surface area contributed by atoms with Crippen LogP contribution < -0.4 is 10.1 Å². The smallest absolute Gasteiger partial charge is 0.306 e. The SMILES string of the molecule is COc1ccc(C(=O)NC(C(=O)N2CCOC(CC(=O)O)C2)C(C)C)cc1. The summed E-state index contributed by atoms with van der Waals surface area (Å²) in [6, 6.07) is 5.92. The van der Waals surface area contributed by atoms with Gasteiger partial charge in [0.2, 0.25) is 5.91 Å². The van der Waals surface area contributed by atoms with Crippen LogP contribution in [0.15, 0.2) is 24.3 Å². The molecule has 0 radical (unpaired) electrons. The van der Waals surface area contributed by atoms with Crippen LogP contribution in [0.1, 0.15) is 30.6 Å². The zero-order valence-electron chi connectivity index (χ0n) is 15.8. The number of benzene rings is 1. The van der Waals surface area contributed by atoms with Crippen LogP contribution in [0.2, 0.25) is 0 Å². The number of carboxylic acids is 1. The van der Waals surface area contributed by atoms with Crippen LogP contribution in [0.5, 0.6) is 5.75 Å². The highest BCUT2D eigenvalue weighted by atomic mass is 16.5. The van der Waals surface area contributed by atoms with Crippen LogP contribution >= 0.6 is 0 Å². The number of ether oxygens (including phenoxy) is 2. The highest BCUT2D eigenvalue weighted by molar-refractivity contribution is 5.97. The van der Waals surface area contributed by atoms with E-state index in [9.17, 15) is 14.4 Å². The molecule has 1 saturated heterocycles. The lowest BCUT2D eigenvalue weighted by Gasteiger charge is -2.35. The standard InChI is InChI=1S/C19H26N2O6/c1-12(2)17(20-18(24)13-4-6-14(26-3)7-5-13)19(25)21-8-9-27-15(11-21)10-16(22)23/h4-7,12,15,17H,8-11H2,1-3H3,(H,20,24)(H,22,23). The first kappa shape index (κ1) is 20.7. The summed E-state index contributed by atoms with van der Waals surface area (Å²) in [5, 5.41) is 11.7. The monoisotopic (exact) mass is 378 g/mol. The van der Waals surface area contributed by atoms with Gasteiger partial charge in [0.15, 0.2) is 0 Å². The first-order chi connectivity index (χ1) is 12.8. The molecule has 2 amide bonds. The third kappa shape index (κ3) is 5.68. The van der Waals surface area contributed by atoms with Crippen molar-refractivity contribution in [2.24, 2.45) is 5.92 Å². The molecule has 1 fully saturated rings. The van der Waals surface area contributed by atoms with Gasteiger partial charge in [0.1, 0.15) is 11.8 Å². The molecule has 2 unspecified atom stereocenters. The molecular weight excluding hydrogens is 352 g/mol. The maximum absolute atomic E-state index is 12.9. The van der Waals surface area contributed by atoms with E-state index in [4.69, 9.17) is 14.6 Å². The average Bonchev–Trinajstić information content (AvgIpc) is 2.65. The van der Waals surface area contributed by atoms with E-state index in [1.165, 1.54) is 0 Å². The number of carbonyl (C=O) groups excluding carboxylic acids is 2. The third-order valence-corrected chi connectivity index (χ3v) is 4.42. The summed E-state index contributed by atoms with van der Waals surface area (Å²) in [5.41, 5.74) is 0.431. The molecule has 0 saturated carbocycles. The largest absolute Gasteiger partial charge is 0.497 e. The Morgan fingerprint density at radius 3 is 2.52 bits per heavy atom. The second-order valence-electron chi connectivity index (χ2n) is 6.80. The quantitative estimate of drug-likeness (QED) is 0.737. The van der Waals surface area contributed by atoms with Crippen molar-refractivity contribution in [3.63, 3.8) is 0 Å². The number of carbonyl (C=O) groups is 3. The Bertz CT molecular complexity index is 673. The van der Waals surface area contributed by atoms with E-state index < -0.39 is 18.1 Å². The van der Waals surface area contributed by atoms with E-state index >= 15 is 0 Å². The zero-order valence-corrected chi connectivity index (χ0v) is 15.8. The molecule has 2 N–H and O–H groups in total. The molecule has 0 aromatic heterocycles. The lowest BCUT2D eigenvalue weighted by atomic mass is 10.0. The van der Waals surface area contributed by atoms with E-state index in [2.05, 4.69) is 5.32 Å². The maximum Gasteiger partial charge on any atom is 0.306 e. The van der Waals surface area contributed by atoms with Gasteiger partial charge in [-0.3, -0.25) is 14.4 Å². The lowest BCUT2D eigenvalue weighted by molar-refractivity contribution is -0.149. The normalized spacial score (nSPS) is 18.1. The van der Waals surface area contributed by atoms with Gasteiger partial charge in [0, 0.05) is 18.7 Å². The van der Waals surface area contributed by atoms with E-state index in [1.807, 2.05) is 13.8 Å². The molecule has 0 bridgehead atoms. The topological polar surface area (TPSA) is 105 Å². The van der Waals surface area contributed by atoms with Crippen LogP contribution in [-0.4, -0.2) is 66.7 Å². The Balaban J connectivity index is 2.05. The molecule has 1 aromatic rings. The fourth-order valence-corrected chi connectivity index (χ4v) is 2.91. The zero-order chi connectivity index (χ0) is 20.0.